The third kappa shape index (κ3) is 2.87. The van der Waals surface area contributed by atoms with Gasteiger partial charge in [0.25, 0.3) is 0 Å². The van der Waals surface area contributed by atoms with Gasteiger partial charge < -0.3 is 14.6 Å². The molecule has 1 aliphatic rings. The number of nitrogens with zero attached hydrogens (tertiary/aromatic N) is 2. The van der Waals surface area contributed by atoms with Gasteiger partial charge in [-0.2, -0.15) is 0 Å². The maximum Gasteiger partial charge on any atom is 0.0949 e. The highest BCUT2D eigenvalue weighted by molar-refractivity contribution is 5.01. The summed E-state index contributed by atoms with van der Waals surface area (Å²) in [5.41, 5.74) is 1.32. The minimum absolute atomic E-state index is 0.0696. The molecule has 0 aliphatic heterocycles. The lowest BCUT2D eigenvalue weighted by molar-refractivity contribution is -0.0839. The van der Waals surface area contributed by atoms with Crippen molar-refractivity contribution in [3.05, 3.63) is 18.2 Å². The van der Waals surface area contributed by atoms with Crippen LogP contribution >= 0.6 is 0 Å². The molecule has 0 saturated heterocycles. The molecule has 1 aliphatic carbocycles. The summed E-state index contributed by atoms with van der Waals surface area (Å²) in [5, 5.41) is 3.42. The smallest absolute Gasteiger partial charge is 0.0949 e. The van der Waals surface area contributed by atoms with Crippen LogP contribution in [0.2, 0.25) is 0 Å². The van der Waals surface area contributed by atoms with Crippen LogP contribution in [0.5, 0.6) is 0 Å². The molecule has 0 atom stereocenters. The SMILES string of the molecule is CCCNCc1cncn1CC1(OC)CCC1. The van der Waals surface area contributed by atoms with Gasteiger partial charge in [-0.3, -0.25) is 0 Å². The third-order valence-corrected chi connectivity index (χ3v) is 3.69. The second kappa shape index (κ2) is 5.65. The molecule has 0 unspecified atom stereocenters. The zero-order valence-electron chi connectivity index (χ0n) is 10.9. The van der Waals surface area contributed by atoms with Crippen LogP contribution in [-0.4, -0.2) is 28.8 Å². The van der Waals surface area contributed by atoms with Crippen LogP contribution < -0.4 is 5.32 Å². The zero-order valence-corrected chi connectivity index (χ0v) is 10.9. The Kier molecular flexibility index (Phi) is 4.18. The molecule has 1 saturated carbocycles. The van der Waals surface area contributed by atoms with Gasteiger partial charge in [-0.15, -0.1) is 0 Å². The highest BCUT2D eigenvalue weighted by atomic mass is 16.5. The Hall–Kier alpha value is -0.870. The first kappa shape index (κ1) is 12.6. The van der Waals surface area contributed by atoms with Crippen molar-refractivity contribution in [3.63, 3.8) is 0 Å². The molecule has 17 heavy (non-hydrogen) atoms. The molecule has 0 amide bonds. The second-order valence-electron chi connectivity index (χ2n) is 4.93. The van der Waals surface area contributed by atoms with Gasteiger partial charge in [0.2, 0.25) is 0 Å². The Bertz CT molecular complexity index is 339. The van der Waals surface area contributed by atoms with Crippen molar-refractivity contribution in [1.29, 1.82) is 0 Å². The number of methoxy groups -OCH3 is 1. The number of rotatable bonds is 7. The van der Waals surface area contributed by atoms with E-state index < -0.39 is 0 Å². The first-order chi connectivity index (χ1) is 8.29. The fourth-order valence-electron chi connectivity index (χ4n) is 2.34. The molecule has 1 aromatic rings. The lowest BCUT2D eigenvalue weighted by atomic mass is 9.80. The summed E-state index contributed by atoms with van der Waals surface area (Å²) in [5.74, 6) is 0. The van der Waals surface area contributed by atoms with Gasteiger partial charge >= 0.3 is 0 Å². The third-order valence-electron chi connectivity index (χ3n) is 3.69. The highest BCUT2D eigenvalue weighted by Gasteiger charge is 2.37. The zero-order chi connectivity index (χ0) is 12.1. The van der Waals surface area contributed by atoms with E-state index in [4.69, 9.17) is 4.74 Å². The predicted molar refractivity (Wildman–Crippen MR) is 67.8 cm³/mol. The molecule has 96 valence electrons. The molecule has 2 rings (SSSR count). The number of hydrogen-bond donors (Lipinski definition) is 1. The lowest BCUT2D eigenvalue weighted by Crippen LogP contribution is -2.43. The van der Waals surface area contributed by atoms with Crippen molar-refractivity contribution in [1.82, 2.24) is 14.9 Å². The van der Waals surface area contributed by atoms with E-state index in [1.807, 2.05) is 19.6 Å². The molecular weight excluding hydrogens is 214 g/mol. The second-order valence-corrected chi connectivity index (χ2v) is 4.93. The first-order valence-electron chi connectivity index (χ1n) is 6.54. The number of nitrogens with one attached hydrogen (secondary N) is 1. The van der Waals surface area contributed by atoms with Gasteiger partial charge in [-0.05, 0) is 32.2 Å². The Morgan fingerprint density at radius 1 is 1.53 bits per heavy atom. The summed E-state index contributed by atoms with van der Waals surface area (Å²) in [7, 11) is 1.82. The van der Waals surface area contributed by atoms with Gasteiger partial charge in [0, 0.05) is 19.9 Å². The van der Waals surface area contributed by atoms with Crippen molar-refractivity contribution in [2.75, 3.05) is 13.7 Å². The van der Waals surface area contributed by atoms with Crippen LogP contribution in [0.1, 0.15) is 38.3 Å². The summed E-state index contributed by atoms with van der Waals surface area (Å²) in [6.07, 6.45) is 8.65. The van der Waals surface area contributed by atoms with E-state index in [0.29, 0.717) is 0 Å². The first-order valence-corrected chi connectivity index (χ1v) is 6.54. The molecule has 0 spiro atoms. The molecule has 0 bridgehead atoms. The van der Waals surface area contributed by atoms with Crippen molar-refractivity contribution >= 4 is 0 Å². The quantitative estimate of drug-likeness (QED) is 0.737. The van der Waals surface area contributed by atoms with E-state index in [1.54, 1.807) is 0 Å². The fourth-order valence-corrected chi connectivity index (χ4v) is 2.34. The summed E-state index contributed by atoms with van der Waals surface area (Å²) in [4.78, 5) is 4.25. The predicted octanol–water partition coefficient (Wildman–Crippen LogP) is 1.95. The maximum atomic E-state index is 5.66. The van der Waals surface area contributed by atoms with Crippen molar-refractivity contribution < 1.29 is 4.74 Å². The van der Waals surface area contributed by atoms with Gasteiger partial charge in [0.1, 0.15) is 0 Å². The molecule has 0 radical (unpaired) electrons. The van der Waals surface area contributed by atoms with Gasteiger partial charge in [0.15, 0.2) is 0 Å². The Labute approximate surface area is 103 Å². The van der Waals surface area contributed by atoms with Gasteiger partial charge in [-0.25, -0.2) is 4.98 Å². The van der Waals surface area contributed by atoms with Crippen LogP contribution in [0.25, 0.3) is 0 Å². The van der Waals surface area contributed by atoms with E-state index in [1.165, 1.54) is 25.0 Å². The lowest BCUT2D eigenvalue weighted by Gasteiger charge is -2.41. The van der Waals surface area contributed by atoms with Crippen molar-refractivity contribution in [2.24, 2.45) is 0 Å². The van der Waals surface area contributed by atoms with Gasteiger partial charge in [-0.1, -0.05) is 6.92 Å². The van der Waals surface area contributed by atoms with E-state index in [-0.39, 0.29) is 5.60 Å². The molecule has 1 fully saturated rings. The van der Waals surface area contributed by atoms with E-state index in [9.17, 15) is 0 Å². The van der Waals surface area contributed by atoms with Crippen LogP contribution in [0.15, 0.2) is 12.5 Å². The summed E-state index contributed by atoms with van der Waals surface area (Å²) < 4.78 is 7.89. The van der Waals surface area contributed by atoms with Crippen molar-refractivity contribution in [2.45, 2.75) is 51.3 Å². The monoisotopic (exact) mass is 237 g/mol. The number of hydrogen-bond acceptors (Lipinski definition) is 3. The number of ether oxygens (including phenoxy) is 1. The summed E-state index contributed by atoms with van der Waals surface area (Å²) >= 11 is 0. The molecule has 4 heteroatoms. The minimum Gasteiger partial charge on any atom is -0.376 e. The standard InChI is InChI=1S/C13H23N3O/c1-3-7-14-8-12-9-15-11-16(12)10-13(17-2)5-4-6-13/h9,11,14H,3-8,10H2,1-2H3. The minimum atomic E-state index is 0.0696. The topological polar surface area (TPSA) is 39.1 Å². The molecular formula is C13H23N3O. The highest BCUT2D eigenvalue weighted by Crippen LogP contribution is 2.36. The molecule has 0 aromatic carbocycles. The van der Waals surface area contributed by atoms with Crippen LogP contribution in [0, 0.1) is 0 Å². The van der Waals surface area contributed by atoms with Crippen LogP contribution in [-0.2, 0) is 17.8 Å². The van der Waals surface area contributed by atoms with E-state index in [2.05, 4.69) is 21.8 Å². The summed E-state index contributed by atoms with van der Waals surface area (Å²) in [6.45, 7) is 5.07. The molecule has 1 aromatic heterocycles. The van der Waals surface area contributed by atoms with E-state index in [0.717, 1.165) is 26.1 Å². The van der Waals surface area contributed by atoms with Crippen LogP contribution in [0.3, 0.4) is 0 Å². The van der Waals surface area contributed by atoms with E-state index >= 15 is 0 Å². The Balaban J connectivity index is 1.93. The maximum absolute atomic E-state index is 5.66. The average Bonchev–Trinajstić information content (AvgIpc) is 2.71. The van der Waals surface area contributed by atoms with Crippen LogP contribution in [0.4, 0.5) is 0 Å². The fraction of sp³-hybridized carbons (Fsp3) is 0.769. The molecule has 1 heterocycles. The van der Waals surface area contributed by atoms with Crippen molar-refractivity contribution in [3.8, 4) is 0 Å². The number of aromatic nitrogens is 2. The normalized spacial score (nSPS) is 18.0. The molecule has 1 N–H and O–H groups in total. The Morgan fingerprint density at radius 3 is 2.94 bits per heavy atom. The van der Waals surface area contributed by atoms with Gasteiger partial charge in [0.05, 0.1) is 24.2 Å². The average molecular weight is 237 g/mol. The largest absolute Gasteiger partial charge is 0.376 e. The number of imidazole rings is 1. The Morgan fingerprint density at radius 2 is 2.35 bits per heavy atom. The molecule has 4 nitrogen and oxygen atoms in total. The summed E-state index contributed by atoms with van der Waals surface area (Å²) in [6, 6.07) is 0.